The topological polar surface area (TPSA) is 103 Å². The maximum Gasteiger partial charge on any atom is 0.243 e. The monoisotopic (exact) mass is 495 g/mol. The molecule has 192 valence electrons. The molecule has 3 amide bonds. The molecule has 0 unspecified atom stereocenters. The molecule has 4 rings (SSSR count). The van der Waals surface area contributed by atoms with Gasteiger partial charge >= 0.3 is 0 Å². The van der Waals surface area contributed by atoms with Gasteiger partial charge < -0.3 is 29.9 Å². The smallest absolute Gasteiger partial charge is 0.243 e. The lowest BCUT2D eigenvalue weighted by atomic mass is 10.1. The molecule has 2 fully saturated rings. The van der Waals surface area contributed by atoms with E-state index < -0.39 is 6.04 Å². The summed E-state index contributed by atoms with van der Waals surface area (Å²) >= 11 is 0. The number of piperazine rings is 2. The molecule has 2 N–H and O–H groups in total. The minimum absolute atomic E-state index is 0.128. The number of hydrogen-bond acceptors (Lipinski definition) is 7. The summed E-state index contributed by atoms with van der Waals surface area (Å²) in [4.78, 5) is 44.5. The van der Waals surface area contributed by atoms with Crippen LogP contribution in [0.2, 0.25) is 0 Å². The second-order valence-corrected chi connectivity index (χ2v) is 8.78. The molecule has 0 saturated carbocycles. The summed E-state index contributed by atoms with van der Waals surface area (Å²) in [7, 11) is 3.19. The van der Waals surface area contributed by atoms with Crippen molar-refractivity contribution in [3.63, 3.8) is 0 Å². The van der Waals surface area contributed by atoms with Gasteiger partial charge in [0.25, 0.3) is 0 Å². The average molecular weight is 496 g/mol. The highest BCUT2D eigenvalue weighted by atomic mass is 16.5. The first kappa shape index (κ1) is 25.3. The number of nitrogens with zero attached hydrogens (tertiary/aromatic N) is 3. The molecule has 0 aliphatic carbocycles. The standard InChI is InChI=1S/C26H33N5O5/c1-35-22-9-5-3-7-19(22)28-24(32)17-21-26(34)27-11-12-31(21)25(33)18-29-13-15-30(16-14-29)20-8-4-6-10-23(20)36-2/h3-10,21H,11-18H2,1-2H3,(H,27,34)(H,28,32)/t21-/m1/s1. The highest BCUT2D eigenvalue weighted by molar-refractivity contribution is 5.98. The molecule has 0 spiro atoms. The van der Waals surface area contributed by atoms with Gasteiger partial charge in [0.05, 0.1) is 38.6 Å². The van der Waals surface area contributed by atoms with Crippen molar-refractivity contribution in [2.45, 2.75) is 12.5 Å². The number of ether oxygens (including phenoxy) is 2. The van der Waals surface area contributed by atoms with Crippen LogP contribution in [-0.4, -0.2) is 93.6 Å². The molecule has 0 bridgehead atoms. The van der Waals surface area contributed by atoms with Crippen LogP contribution < -0.4 is 25.0 Å². The molecular formula is C26H33N5O5. The van der Waals surface area contributed by atoms with Crippen molar-refractivity contribution in [1.82, 2.24) is 15.1 Å². The van der Waals surface area contributed by atoms with Crippen LogP contribution in [0.5, 0.6) is 11.5 Å². The SMILES string of the molecule is COc1ccccc1NC(=O)C[C@@H]1C(=O)NCCN1C(=O)CN1CCN(c2ccccc2OC)CC1. The van der Waals surface area contributed by atoms with E-state index in [-0.39, 0.29) is 30.7 Å². The number of rotatable bonds is 8. The van der Waals surface area contributed by atoms with E-state index >= 15 is 0 Å². The largest absolute Gasteiger partial charge is 0.495 e. The van der Waals surface area contributed by atoms with E-state index in [2.05, 4.69) is 20.4 Å². The fourth-order valence-corrected chi connectivity index (χ4v) is 4.66. The fourth-order valence-electron chi connectivity index (χ4n) is 4.66. The molecule has 2 saturated heterocycles. The van der Waals surface area contributed by atoms with Gasteiger partial charge in [0, 0.05) is 39.3 Å². The first-order valence-corrected chi connectivity index (χ1v) is 12.1. The number of para-hydroxylation sites is 4. The predicted octanol–water partition coefficient (Wildman–Crippen LogP) is 1.18. The number of benzene rings is 2. The molecule has 2 heterocycles. The van der Waals surface area contributed by atoms with Gasteiger partial charge in [-0.05, 0) is 24.3 Å². The zero-order chi connectivity index (χ0) is 25.5. The molecule has 10 nitrogen and oxygen atoms in total. The van der Waals surface area contributed by atoms with Crippen molar-refractivity contribution >= 4 is 29.1 Å². The summed E-state index contributed by atoms with van der Waals surface area (Å²) in [5.74, 6) is 0.538. The van der Waals surface area contributed by atoms with E-state index in [0.717, 1.165) is 24.5 Å². The van der Waals surface area contributed by atoms with Gasteiger partial charge in [-0.2, -0.15) is 0 Å². The van der Waals surface area contributed by atoms with Crippen LogP contribution in [0.1, 0.15) is 6.42 Å². The highest BCUT2D eigenvalue weighted by Crippen LogP contribution is 2.28. The summed E-state index contributed by atoms with van der Waals surface area (Å²) in [6, 6.07) is 14.1. The quantitative estimate of drug-likeness (QED) is 0.567. The van der Waals surface area contributed by atoms with Crippen molar-refractivity contribution in [3.8, 4) is 11.5 Å². The van der Waals surface area contributed by atoms with E-state index in [4.69, 9.17) is 9.47 Å². The number of carbonyl (C=O) groups excluding carboxylic acids is 3. The Balaban J connectivity index is 1.34. The molecular weight excluding hydrogens is 462 g/mol. The summed E-state index contributed by atoms with van der Waals surface area (Å²) in [6.07, 6.45) is -0.128. The van der Waals surface area contributed by atoms with Gasteiger partial charge in [0.2, 0.25) is 17.7 Å². The van der Waals surface area contributed by atoms with Crippen molar-refractivity contribution in [1.29, 1.82) is 0 Å². The summed E-state index contributed by atoms with van der Waals surface area (Å²) in [5.41, 5.74) is 1.56. The average Bonchev–Trinajstić information content (AvgIpc) is 2.90. The highest BCUT2D eigenvalue weighted by Gasteiger charge is 2.35. The second kappa shape index (κ2) is 11.8. The molecule has 0 radical (unpaired) electrons. The first-order valence-electron chi connectivity index (χ1n) is 12.1. The molecule has 1 atom stereocenters. The predicted molar refractivity (Wildman–Crippen MR) is 136 cm³/mol. The lowest BCUT2D eigenvalue weighted by Crippen LogP contribution is -2.60. The minimum atomic E-state index is -0.851. The maximum atomic E-state index is 13.2. The van der Waals surface area contributed by atoms with E-state index in [1.807, 2.05) is 24.3 Å². The third-order valence-corrected chi connectivity index (χ3v) is 6.57. The summed E-state index contributed by atoms with van der Waals surface area (Å²) in [6.45, 7) is 3.90. The Hall–Kier alpha value is -3.79. The lowest BCUT2D eigenvalue weighted by Gasteiger charge is -2.39. The molecule has 2 aliphatic heterocycles. The van der Waals surface area contributed by atoms with Crippen molar-refractivity contribution < 1.29 is 23.9 Å². The lowest BCUT2D eigenvalue weighted by molar-refractivity contribution is -0.145. The third-order valence-electron chi connectivity index (χ3n) is 6.57. The Morgan fingerprint density at radius 1 is 0.944 bits per heavy atom. The van der Waals surface area contributed by atoms with Gasteiger partial charge in [-0.15, -0.1) is 0 Å². The van der Waals surface area contributed by atoms with Crippen LogP contribution in [-0.2, 0) is 14.4 Å². The van der Waals surface area contributed by atoms with Crippen molar-refractivity contribution in [3.05, 3.63) is 48.5 Å². The minimum Gasteiger partial charge on any atom is -0.495 e. The van der Waals surface area contributed by atoms with E-state index in [1.54, 1.807) is 31.4 Å². The van der Waals surface area contributed by atoms with Crippen LogP contribution in [0.15, 0.2) is 48.5 Å². The molecule has 0 aromatic heterocycles. The Labute approximate surface area is 211 Å². The third kappa shape index (κ3) is 5.88. The molecule has 2 aromatic carbocycles. The maximum absolute atomic E-state index is 13.2. The number of nitrogens with one attached hydrogen (secondary N) is 2. The number of carbonyl (C=O) groups is 3. The van der Waals surface area contributed by atoms with Gasteiger partial charge in [0.15, 0.2) is 0 Å². The second-order valence-electron chi connectivity index (χ2n) is 8.78. The van der Waals surface area contributed by atoms with Crippen molar-refractivity contribution in [2.75, 3.05) is 70.2 Å². The zero-order valence-corrected chi connectivity index (χ0v) is 20.7. The van der Waals surface area contributed by atoms with Gasteiger partial charge in [-0.3, -0.25) is 19.3 Å². The Morgan fingerprint density at radius 3 is 2.33 bits per heavy atom. The van der Waals surface area contributed by atoms with E-state index in [0.29, 0.717) is 37.6 Å². The molecule has 10 heteroatoms. The zero-order valence-electron chi connectivity index (χ0n) is 20.7. The van der Waals surface area contributed by atoms with E-state index in [9.17, 15) is 14.4 Å². The Morgan fingerprint density at radius 2 is 1.61 bits per heavy atom. The first-order chi connectivity index (χ1) is 17.5. The van der Waals surface area contributed by atoms with Crippen LogP contribution in [0, 0.1) is 0 Å². The Bertz CT molecular complexity index is 1090. The van der Waals surface area contributed by atoms with Crippen molar-refractivity contribution in [2.24, 2.45) is 0 Å². The van der Waals surface area contributed by atoms with Crippen LogP contribution in [0.4, 0.5) is 11.4 Å². The Kier molecular flexibility index (Phi) is 8.27. The van der Waals surface area contributed by atoms with Crippen LogP contribution in [0.3, 0.4) is 0 Å². The molecule has 36 heavy (non-hydrogen) atoms. The van der Waals surface area contributed by atoms with E-state index in [1.165, 1.54) is 12.0 Å². The number of anilines is 2. The van der Waals surface area contributed by atoms with Gasteiger partial charge in [-0.25, -0.2) is 0 Å². The number of methoxy groups -OCH3 is 2. The number of amides is 3. The van der Waals surface area contributed by atoms with Gasteiger partial charge in [0.1, 0.15) is 17.5 Å². The van der Waals surface area contributed by atoms with Crippen LogP contribution >= 0.6 is 0 Å². The molecule has 2 aromatic rings. The summed E-state index contributed by atoms with van der Waals surface area (Å²) in [5, 5.41) is 5.57. The fraction of sp³-hybridized carbons (Fsp3) is 0.423. The summed E-state index contributed by atoms with van der Waals surface area (Å²) < 4.78 is 10.8. The normalized spacial score (nSPS) is 18.4. The van der Waals surface area contributed by atoms with Gasteiger partial charge in [-0.1, -0.05) is 24.3 Å². The van der Waals surface area contributed by atoms with Crippen LogP contribution in [0.25, 0.3) is 0 Å². The number of hydrogen-bond donors (Lipinski definition) is 2. The molecule has 2 aliphatic rings.